The van der Waals surface area contributed by atoms with E-state index in [0.717, 1.165) is 44.0 Å². The smallest absolute Gasteiger partial charge is 0.432 e. The quantitative estimate of drug-likeness (QED) is 0.147. The summed E-state index contributed by atoms with van der Waals surface area (Å²) in [6, 6.07) is 20.2. The third-order valence-corrected chi connectivity index (χ3v) is 11.9. The van der Waals surface area contributed by atoms with Gasteiger partial charge in [0, 0.05) is 83.3 Å². The number of halogens is 6. The Morgan fingerprint density at radius 1 is 0.645 bits per heavy atom. The van der Waals surface area contributed by atoms with Gasteiger partial charge in [0.1, 0.15) is 0 Å². The zero-order valence-corrected chi connectivity index (χ0v) is 33.4. The number of aliphatic hydroxyl groups is 2. The third-order valence-electron chi connectivity index (χ3n) is 11.9. The molecule has 0 spiro atoms. The summed E-state index contributed by atoms with van der Waals surface area (Å²) < 4.78 is 90.9. The first-order chi connectivity index (χ1) is 29.3. The molecular formula is C44H39F6N7O5. The Hall–Kier alpha value is -6.66. The van der Waals surface area contributed by atoms with Crippen molar-refractivity contribution >= 4 is 55.7 Å². The molecule has 4 aromatic heterocycles. The van der Waals surface area contributed by atoms with Crippen LogP contribution in [0.3, 0.4) is 0 Å². The van der Waals surface area contributed by atoms with Gasteiger partial charge in [0.25, 0.3) is 0 Å². The molecule has 2 unspecified atom stereocenters. The summed E-state index contributed by atoms with van der Waals surface area (Å²) in [5.74, 6) is 0. The molecule has 4 heterocycles. The second-order valence-corrected chi connectivity index (χ2v) is 15.5. The van der Waals surface area contributed by atoms with E-state index >= 15 is 0 Å². The van der Waals surface area contributed by atoms with E-state index in [1.807, 2.05) is 0 Å². The SMILES string of the molecule is CN(C(=O)n1ncc2cc(C(O)(c3cn(C)c4ccccc34)C(F)(F)F)ccc21)C1CCCC1.Cn1cc(C(O)(c2ccc3c(cnn3C(=O)O)c2)C(F)(F)F)c2ccccc21. The first-order valence-corrected chi connectivity index (χ1v) is 19.4. The monoisotopic (exact) mass is 859 g/mol. The summed E-state index contributed by atoms with van der Waals surface area (Å²) in [6.45, 7) is 0. The highest BCUT2D eigenvalue weighted by Crippen LogP contribution is 2.49. The number of aryl methyl sites for hydroxylation is 2. The molecule has 18 heteroatoms. The lowest BCUT2D eigenvalue weighted by Crippen LogP contribution is -2.43. The maximum atomic E-state index is 14.5. The van der Waals surface area contributed by atoms with E-state index in [1.54, 1.807) is 73.1 Å². The molecule has 62 heavy (non-hydrogen) atoms. The van der Waals surface area contributed by atoms with Gasteiger partial charge in [-0.05, 0) is 60.4 Å². The zero-order chi connectivity index (χ0) is 44.5. The lowest BCUT2D eigenvalue weighted by Gasteiger charge is -2.31. The van der Waals surface area contributed by atoms with Gasteiger partial charge in [0.05, 0.1) is 23.4 Å². The van der Waals surface area contributed by atoms with Crippen LogP contribution in [0.15, 0.2) is 110 Å². The van der Waals surface area contributed by atoms with Crippen molar-refractivity contribution in [3.63, 3.8) is 0 Å². The van der Waals surface area contributed by atoms with Crippen molar-refractivity contribution < 1.29 is 51.3 Å². The summed E-state index contributed by atoms with van der Waals surface area (Å²) >= 11 is 0. The first kappa shape index (κ1) is 42.0. The molecule has 1 aliphatic carbocycles. The standard InChI is InChI=1S/C25H25F3N4O2.C19H14F3N3O3/c1-30-15-20(19-9-5-6-10-22(19)30)24(34,25(26,27)28)17-11-12-21-16(13-17)14-29-32(21)23(33)31(2)18-7-3-4-8-18;1-24-10-14(13-4-2-3-5-16(13)24)18(28,19(20,21)22)12-6-7-15-11(8-12)9-23-25(15)17(26)27/h5-6,9-15,18,34H,3-4,7-8H2,1-2H3;2-10,28H,1H3,(H,26,27). The molecule has 1 aliphatic rings. The Morgan fingerprint density at radius 3 is 1.50 bits per heavy atom. The van der Waals surface area contributed by atoms with Crippen LogP contribution in [0, 0.1) is 0 Å². The second-order valence-electron chi connectivity index (χ2n) is 15.5. The molecule has 8 aromatic rings. The van der Waals surface area contributed by atoms with Crippen LogP contribution in [-0.4, -0.2) is 86.5 Å². The maximum Gasteiger partial charge on any atom is 0.432 e. The van der Waals surface area contributed by atoms with Crippen molar-refractivity contribution in [2.75, 3.05) is 7.05 Å². The molecule has 2 atom stereocenters. The molecule has 0 aliphatic heterocycles. The summed E-state index contributed by atoms with van der Waals surface area (Å²) in [7, 11) is 4.97. The summed E-state index contributed by atoms with van der Waals surface area (Å²) in [6.07, 6.45) is -2.31. The third kappa shape index (κ3) is 6.64. The highest BCUT2D eigenvalue weighted by molar-refractivity contribution is 5.92. The highest BCUT2D eigenvalue weighted by Gasteiger charge is 2.58. The minimum atomic E-state index is -5.02. The van der Waals surface area contributed by atoms with Crippen LogP contribution in [-0.2, 0) is 25.3 Å². The van der Waals surface area contributed by atoms with E-state index in [-0.39, 0.29) is 45.1 Å². The fraction of sp³-hybridized carbons (Fsp3) is 0.273. The fourth-order valence-electron chi connectivity index (χ4n) is 8.62. The van der Waals surface area contributed by atoms with Gasteiger partial charge in [-0.2, -0.15) is 45.9 Å². The van der Waals surface area contributed by atoms with Crippen LogP contribution in [0.2, 0.25) is 0 Å². The normalized spacial score (nSPS) is 15.8. The Balaban J connectivity index is 0.000000174. The molecule has 0 bridgehead atoms. The number of hydrogen-bond acceptors (Lipinski definition) is 6. The second kappa shape index (κ2) is 15.1. The van der Waals surface area contributed by atoms with Crippen LogP contribution in [0.1, 0.15) is 47.9 Å². The van der Waals surface area contributed by atoms with Crippen LogP contribution < -0.4 is 0 Å². The number of amides is 1. The van der Waals surface area contributed by atoms with Gasteiger partial charge < -0.3 is 29.4 Å². The minimum absolute atomic E-state index is 0.124. The van der Waals surface area contributed by atoms with Crippen LogP contribution >= 0.6 is 0 Å². The topological polar surface area (TPSA) is 144 Å². The lowest BCUT2D eigenvalue weighted by molar-refractivity contribution is -0.248. The number of rotatable bonds is 5. The largest absolute Gasteiger partial charge is 0.463 e. The van der Waals surface area contributed by atoms with Crippen molar-refractivity contribution in [2.45, 2.75) is 55.3 Å². The number of carboxylic acid groups (broad SMARTS) is 1. The Bertz CT molecular complexity index is 3010. The van der Waals surface area contributed by atoms with E-state index in [1.165, 1.54) is 58.2 Å². The zero-order valence-electron chi connectivity index (χ0n) is 33.4. The van der Waals surface area contributed by atoms with E-state index in [9.17, 15) is 46.1 Å². The van der Waals surface area contributed by atoms with Gasteiger partial charge in [-0.25, -0.2) is 9.59 Å². The fourth-order valence-corrected chi connectivity index (χ4v) is 8.62. The minimum Gasteiger partial charge on any atom is -0.463 e. The number of para-hydroxylation sites is 2. The van der Waals surface area contributed by atoms with Gasteiger partial charge in [-0.15, -0.1) is 0 Å². The molecule has 3 N–H and O–H groups in total. The maximum absolute atomic E-state index is 14.5. The highest BCUT2D eigenvalue weighted by atomic mass is 19.4. The first-order valence-electron chi connectivity index (χ1n) is 19.4. The van der Waals surface area contributed by atoms with Crippen LogP contribution in [0.25, 0.3) is 43.6 Å². The molecule has 0 saturated heterocycles. The van der Waals surface area contributed by atoms with Crippen LogP contribution in [0.4, 0.5) is 35.9 Å². The number of aromatic nitrogens is 6. The van der Waals surface area contributed by atoms with E-state index in [4.69, 9.17) is 5.11 Å². The van der Waals surface area contributed by atoms with Crippen molar-refractivity contribution in [3.8, 4) is 0 Å². The van der Waals surface area contributed by atoms with Crippen molar-refractivity contribution in [1.29, 1.82) is 0 Å². The number of nitrogens with zero attached hydrogens (tertiary/aromatic N) is 7. The average molecular weight is 860 g/mol. The number of alkyl halides is 6. The molecule has 12 nitrogen and oxygen atoms in total. The van der Waals surface area contributed by atoms with Gasteiger partial charge in [0.2, 0.25) is 11.2 Å². The molecule has 9 rings (SSSR count). The van der Waals surface area contributed by atoms with Gasteiger partial charge in [0.15, 0.2) is 0 Å². The van der Waals surface area contributed by atoms with Crippen LogP contribution in [0.5, 0.6) is 0 Å². The summed E-state index contributed by atoms with van der Waals surface area (Å²) in [4.78, 5) is 25.8. The molecule has 0 radical (unpaired) electrons. The van der Waals surface area contributed by atoms with Crippen molar-refractivity contribution in [2.24, 2.45) is 14.1 Å². The molecule has 1 saturated carbocycles. The Morgan fingerprint density at radius 2 is 1.06 bits per heavy atom. The number of fused-ring (bicyclic) bond motifs is 4. The van der Waals surface area contributed by atoms with Crippen molar-refractivity contribution in [1.82, 2.24) is 33.6 Å². The predicted molar refractivity (Wildman–Crippen MR) is 218 cm³/mol. The molecule has 1 fully saturated rings. The van der Waals surface area contributed by atoms with Gasteiger partial charge in [-0.3, -0.25) is 0 Å². The average Bonchev–Trinajstić information content (AvgIpc) is 4.10. The molecular weight excluding hydrogens is 821 g/mol. The predicted octanol–water partition coefficient (Wildman–Crippen LogP) is 9.02. The molecule has 4 aromatic carbocycles. The van der Waals surface area contributed by atoms with Crippen molar-refractivity contribution in [3.05, 3.63) is 132 Å². The number of benzene rings is 4. The van der Waals surface area contributed by atoms with E-state index < -0.39 is 35.2 Å². The Kier molecular flexibility index (Phi) is 10.2. The lowest BCUT2D eigenvalue weighted by atomic mass is 9.85. The Labute approximate surface area is 348 Å². The van der Waals surface area contributed by atoms with Gasteiger partial charge in [-0.1, -0.05) is 61.4 Å². The number of carbonyl (C=O) groups is 2. The molecule has 322 valence electrons. The van der Waals surface area contributed by atoms with E-state index in [0.29, 0.717) is 32.0 Å². The summed E-state index contributed by atoms with van der Waals surface area (Å²) in [5, 5.41) is 40.3. The molecule has 1 amide bonds. The summed E-state index contributed by atoms with van der Waals surface area (Å²) in [5.41, 5.74) is -6.20. The van der Waals surface area contributed by atoms with Gasteiger partial charge >= 0.3 is 24.5 Å². The number of hydrogen-bond donors (Lipinski definition) is 3. The number of carbonyl (C=O) groups excluding carboxylic acids is 1. The van der Waals surface area contributed by atoms with E-state index in [2.05, 4.69) is 10.2 Å².